The number of ether oxygens (including phenoxy) is 2. The Morgan fingerprint density at radius 1 is 1.38 bits per heavy atom. The number of hydrogen-bond donors (Lipinski definition) is 2. The van der Waals surface area contributed by atoms with Crippen LogP contribution < -0.4 is 15.1 Å². The number of allylic oxidation sites excluding steroid dienone is 1. The summed E-state index contributed by atoms with van der Waals surface area (Å²) in [5.74, 6) is -1.92. The van der Waals surface area contributed by atoms with E-state index in [0.29, 0.717) is 0 Å². The van der Waals surface area contributed by atoms with Gasteiger partial charge in [-0.3, -0.25) is 0 Å². The maximum atomic E-state index is 11.9. The molecule has 1 aromatic carbocycles. The number of unbranched alkanes of at least 4 members (excludes halogenated alkanes) is 2. The van der Waals surface area contributed by atoms with Crippen LogP contribution in [0.1, 0.15) is 26.2 Å². The number of fused-ring (bicyclic) bond motifs is 1. The second-order valence-corrected chi connectivity index (χ2v) is 5.01. The fraction of sp³-hybridized carbons (Fsp3) is 0.294. The lowest BCUT2D eigenvalue weighted by molar-refractivity contribution is -0.139. The third-order valence-corrected chi connectivity index (χ3v) is 3.19. The molecule has 0 saturated carbocycles. The second kappa shape index (κ2) is 8.05. The van der Waals surface area contributed by atoms with E-state index in [1.165, 1.54) is 24.5 Å². The summed E-state index contributed by atoms with van der Waals surface area (Å²) in [7, 11) is 0. The second-order valence-electron chi connectivity index (χ2n) is 5.01. The van der Waals surface area contributed by atoms with Gasteiger partial charge in [-0.1, -0.05) is 19.4 Å². The van der Waals surface area contributed by atoms with Gasteiger partial charge in [0.05, 0.1) is 6.26 Å². The molecule has 0 fully saturated rings. The molecule has 0 saturated heterocycles. The van der Waals surface area contributed by atoms with Gasteiger partial charge in [0.25, 0.3) is 5.75 Å². The molecule has 2 N–H and O–H groups in total. The molecule has 0 atom stereocenters. The van der Waals surface area contributed by atoms with Gasteiger partial charge in [0.1, 0.15) is 16.7 Å². The van der Waals surface area contributed by atoms with E-state index in [-0.39, 0.29) is 22.5 Å². The summed E-state index contributed by atoms with van der Waals surface area (Å²) >= 11 is 0. The van der Waals surface area contributed by atoms with E-state index in [0.717, 1.165) is 19.3 Å². The van der Waals surface area contributed by atoms with Crippen molar-refractivity contribution in [3.05, 3.63) is 41.0 Å². The Morgan fingerprint density at radius 3 is 2.88 bits per heavy atom. The molecular weight excluding hydrogens is 316 g/mol. The van der Waals surface area contributed by atoms with Crippen LogP contribution in [0.3, 0.4) is 0 Å². The molecule has 0 aliphatic heterocycles. The standard InChI is InChI=1S/C17H18O7/c1-2-3-4-5-9-22-16-15(20)14-11(23-10-13(18)19)7-6-8-12(14)24-17(16)21/h5-9,20H,2-4,10H2,1H3,(H,18,19). The summed E-state index contributed by atoms with van der Waals surface area (Å²) in [6, 6.07) is 4.45. The maximum Gasteiger partial charge on any atom is 0.383 e. The van der Waals surface area contributed by atoms with Crippen molar-refractivity contribution in [3.63, 3.8) is 0 Å². The third kappa shape index (κ3) is 4.07. The third-order valence-electron chi connectivity index (χ3n) is 3.19. The van der Waals surface area contributed by atoms with Crippen LogP contribution in [0.25, 0.3) is 11.0 Å². The van der Waals surface area contributed by atoms with Crippen molar-refractivity contribution in [2.75, 3.05) is 6.61 Å². The largest absolute Gasteiger partial charge is 0.503 e. The number of aromatic hydroxyl groups is 1. The average Bonchev–Trinajstić information content (AvgIpc) is 2.55. The van der Waals surface area contributed by atoms with Crippen molar-refractivity contribution in [1.29, 1.82) is 0 Å². The molecule has 24 heavy (non-hydrogen) atoms. The molecule has 7 nitrogen and oxygen atoms in total. The van der Waals surface area contributed by atoms with Crippen LogP contribution >= 0.6 is 0 Å². The summed E-state index contributed by atoms with van der Waals surface area (Å²) in [5.41, 5.74) is -0.766. The Hall–Kier alpha value is -2.96. The number of hydrogen-bond acceptors (Lipinski definition) is 6. The van der Waals surface area contributed by atoms with E-state index in [1.807, 2.05) is 0 Å². The monoisotopic (exact) mass is 334 g/mol. The van der Waals surface area contributed by atoms with Crippen LogP contribution in [0.4, 0.5) is 0 Å². The smallest absolute Gasteiger partial charge is 0.383 e. The average molecular weight is 334 g/mol. The van der Waals surface area contributed by atoms with E-state index in [1.54, 1.807) is 6.08 Å². The molecule has 2 aromatic rings. The Morgan fingerprint density at radius 2 is 2.17 bits per heavy atom. The van der Waals surface area contributed by atoms with Crippen LogP contribution in [0.5, 0.6) is 17.2 Å². The van der Waals surface area contributed by atoms with Gasteiger partial charge >= 0.3 is 11.6 Å². The molecule has 0 spiro atoms. The quantitative estimate of drug-likeness (QED) is 0.434. The van der Waals surface area contributed by atoms with Gasteiger partial charge in [-0.05, 0) is 31.1 Å². The van der Waals surface area contributed by atoms with Gasteiger partial charge in [0, 0.05) is 0 Å². The predicted molar refractivity (Wildman–Crippen MR) is 86.6 cm³/mol. The van der Waals surface area contributed by atoms with Crippen LogP contribution in [0.2, 0.25) is 0 Å². The number of carboxylic acids is 1. The molecule has 0 radical (unpaired) electrons. The van der Waals surface area contributed by atoms with E-state index in [9.17, 15) is 14.7 Å². The summed E-state index contributed by atoms with van der Waals surface area (Å²) in [6.45, 7) is 1.46. The molecule has 0 bridgehead atoms. The molecule has 0 amide bonds. The van der Waals surface area contributed by atoms with E-state index >= 15 is 0 Å². The molecule has 7 heteroatoms. The van der Waals surface area contributed by atoms with Gasteiger partial charge < -0.3 is 24.1 Å². The number of benzene rings is 1. The zero-order chi connectivity index (χ0) is 17.5. The summed E-state index contributed by atoms with van der Waals surface area (Å²) < 4.78 is 15.4. The minimum absolute atomic E-state index is 0.0719. The van der Waals surface area contributed by atoms with Gasteiger partial charge in [-0.2, -0.15) is 0 Å². The Bertz CT molecular complexity index is 804. The van der Waals surface area contributed by atoms with Gasteiger partial charge in [-0.25, -0.2) is 9.59 Å². The zero-order valence-electron chi connectivity index (χ0n) is 13.2. The topological polar surface area (TPSA) is 106 Å². The molecule has 2 rings (SSSR count). The van der Waals surface area contributed by atoms with Crippen molar-refractivity contribution in [2.24, 2.45) is 0 Å². The minimum Gasteiger partial charge on any atom is -0.503 e. The van der Waals surface area contributed by atoms with Crippen LogP contribution in [-0.2, 0) is 4.79 Å². The number of carboxylic acid groups (broad SMARTS) is 1. The first-order valence-corrected chi connectivity index (χ1v) is 7.49. The van der Waals surface area contributed by atoms with Crippen molar-refractivity contribution < 1.29 is 28.9 Å². The molecule has 0 aliphatic rings. The molecule has 0 aliphatic carbocycles. The summed E-state index contributed by atoms with van der Waals surface area (Å²) in [4.78, 5) is 22.6. The highest BCUT2D eigenvalue weighted by Crippen LogP contribution is 2.37. The van der Waals surface area contributed by atoms with Crippen LogP contribution in [-0.4, -0.2) is 22.8 Å². The van der Waals surface area contributed by atoms with Crippen molar-refractivity contribution in [3.8, 4) is 17.2 Å². The highest BCUT2D eigenvalue weighted by molar-refractivity contribution is 5.91. The van der Waals surface area contributed by atoms with Crippen molar-refractivity contribution >= 4 is 16.9 Å². The van der Waals surface area contributed by atoms with Crippen molar-refractivity contribution in [1.82, 2.24) is 0 Å². The summed E-state index contributed by atoms with van der Waals surface area (Å²) in [6.07, 6.45) is 5.83. The fourth-order valence-electron chi connectivity index (χ4n) is 2.06. The Labute approximate surface area is 137 Å². The molecule has 0 unspecified atom stereocenters. The number of rotatable bonds is 8. The minimum atomic E-state index is -1.17. The lowest BCUT2D eigenvalue weighted by atomic mass is 10.2. The highest BCUT2D eigenvalue weighted by Gasteiger charge is 2.19. The summed E-state index contributed by atoms with van der Waals surface area (Å²) in [5, 5.41) is 19.1. The molecule has 1 aromatic heterocycles. The first kappa shape index (κ1) is 17.4. The SMILES string of the molecule is CCCCC=COc1c(O)c2c(OCC(=O)O)cccc2oc1=O. The van der Waals surface area contributed by atoms with E-state index in [2.05, 4.69) is 6.92 Å². The fourth-order valence-corrected chi connectivity index (χ4v) is 2.06. The molecule has 1 heterocycles. The maximum absolute atomic E-state index is 11.9. The normalized spacial score (nSPS) is 11.0. The zero-order valence-corrected chi connectivity index (χ0v) is 13.2. The van der Waals surface area contributed by atoms with E-state index < -0.39 is 24.0 Å². The van der Waals surface area contributed by atoms with E-state index in [4.69, 9.17) is 19.0 Å². The Balaban J connectivity index is 2.38. The molecular formula is C17H18O7. The molecule has 128 valence electrons. The lowest BCUT2D eigenvalue weighted by Crippen LogP contribution is -2.10. The lowest BCUT2D eigenvalue weighted by Gasteiger charge is -2.10. The van der Waals surface area contributed by atoms with Gasteiger partial charge in [0.15, 0.2) is 12.4 Å². The first-order valence-electron chi connectivity index (χ1n) is 7.49. The van der Waals surface area contributed by atoms with Gasteiger partial charge in [0.2, 0.25) is 0 Å². The Kier molecular flexibility index (Phi) is 5.83. The van der Waals surface area contributed by atoms with Crippen LogP contribution in [0, 0.1) is 0 Å². The van der Waals surface area contributed by atoms with Gasteiger partial charge in [-0.15, -0.1) is 0 Å². The first-order chi connectivity index (χ1) is 11.5. The highest BCUT2D eigenvalue weighted by atomic mass is 16.5. The van der Waals surface area contributed by atoms with Crippen LogP contribution in [0.15, 0.2) is 39.7 Å². The van der Waals surface area contributed by atoms with Crippen molar-refractivity contribution in [2.45, 2.75) is 26.2 Å². The predicted octanol–water partition coefficient (Wildman–Crippen LogP) is 3.04. The number of aliphatic carboxylic acids is 1. The number of carbonyl (C=O) groups is 1.